The highest BCUT2D eigenvalue weighted by molar-refractivity contribution is 5.78. The molecule has 4 heterocycles. The van der Waals surface area contributed by atoms with E-state index in [1.165, 1.54) is 4.68 Å². The quantitative estimate of drug-likeness (QED) is 0.712. The molecule has 8 heteroatoms. The first-order valence-corrected chi connectivity index (χ1v) is 9.48. The molecule has 1 aliphatic heterocycles. The lowest BCUT2D eigenvalue weighted by atomic mass is 10.1. The maximum Gasteiger partial charge on any atom is 0.268 e. The average Bonchev–Trinajstić information content (AvgIpc) is 3.31. The number of aromatic nitrogens is 4. The Balaban J connectivity index is 1.32. The summed E-state index contributed by atoms with van der Waals surface area (Å²) in [5.41, 5.74) is 3.59. The third-order valence-electron chi connectivity index (χ3n) is 5.34. The van der Waals surface area contributed by atoms with Crippen LogP contribution in [0.15, 0.2) is 41.6 Å². The summed E-state index contributed by atoms with van der Waals surface area (Å²) in [6.07, 6.45) is 6.70. The van der Waals surface area contributed by atoms with Gasteiger partial charge in [-0.2, -0.15) is 5.10 Å². The van der Waals surface area contributed by atoms with Crippen LogP contribution in [0.5, 0.6) is 0 Å². The Kier molecular flexibility index (Phi) is 4.85. The van der Waals surface area contributed by atoms with Crippen molar-refractivity contribution in [1.29, 1.82) is 0 Å². The normalized spacial score (nSPS) is 16.6. The van der Waals surface area contributed by atoms with Crippen molar-refractivity contribution in [2.24, 2.45) is 13.0 Å². The second-order valence-electron chi connectivity index (χ2n) is 7.39. The smallest absolute Gasteiger partial charge is 0.268 e. The van der Waals surface area contributed by atoms with Crippen LogP contribution >= 0.6 is 0 Å². The summed E-state index contributed by atoms with van der Waals surface area (Å²) in [6.45, 7) is 4.31. The summed E-state index contributed by atoms with van der Waals surface area (Å²) in [5, 5.41) is 7.13. The van der Waals surface area contributed by atoms with Gasteiger partial charge in [-0.1, -0.05) is 6.07 Å². The van der Waals surface area contributed by atoms with Crippen molar-refractivity contribution in [2.75, 3.05) is 24.5 Å². The average molecular weight is 380 g/mol. The number of imidazole rings is 1. The van der Waals surface area contributed by atoms with E-state index in [1.807, 2.05) is 29.7 Å². The van der Waals surface area contributed by atoms with Crippen LogP contribution in [-0.4, -0.2) is 44.7 Å². The molecule has 0 spiro atoms. The molecule has 28 heavy (non-hydrogen) atoms. The second-order valence-corrected chi connectivity index (χ2v) is 7.39. The fraction of sp³-hybridized carbons (Fsp3) is 0.400. The summed E-state index contributed by atoms with van der Waals surface area (Å²) in [4.78, 5) is 30.7. The van der Waals surface area contributed by atoms with E-state index in [2.05, 4.69) is 20.3 Å². The maximum absolute atomic E-state index is 12.4. The van der Waals surface area contributed by atoms with Gasteiger partial charge in [0.25, 0.3) is 5.56 Å². The monoisotopic (exact) mass is 380 g/mol. The van der Waals surface area contributed by atoms with Gasteiger partial charge in [-0.3, -0.25) is 9.59 Å². The largest absolute Gasteiger partial charge is 0.370 e. The van der Waals surface area contributed by atoms with E-state index in [0.29, 0.717) is 18.9 Å². The number of rotatable bonds is 5. The molecule has 1 aliphatic rings. The number of fused-ring (bicyclic) bond motifs is 1. The number of anilines is 1. The van der Waals surface area contributed by atoms with Crippen LogP contribution in [0.25, 0.3) is 5.65 Å². The minimum absolute atomic E-state index is 0.00277. The molecule has 0 saturated carbocycles. The van der Waals surface area contributed by atoms with Gasteiger partial charge in [0.05, 0.1) is 24.0 Å². The van der Waals surface area contributed by atoms with Gasteiger partial charge in [0.15, 0.2) is 0 Å². The van der Waals surface area contributed by atoms with Gasteiger partial charge >= 0.3 is 0 Å². The first-order valence-electron chi connectivity index (χ1n) is 9.48. The molecule has 146 valence electrons. The first-order chi connectivity index (χ1) is 13.5. The highest BCUT2D eigenvalue weighted by Gasteiger charge is 2.24. The van der Waals surface area contributed by atoms with Gasteiger partial charge in [-0.05, 0) is 30.9 Å². The molecule has 1 N–H and O–H groups in total. The molecular weight excluding hydrogens is 356 g/mol. The van der Waals surface area contributed by atoms with Gasteiger partial charge in [0.1, 0.15) is 5.65 Å². The van der Waals surface area contributed by atoms with Crippen molar-refractivity contribution < 1.29 is 4.79 Å². The number of aryl methyl sites for hydroxylation is 2. The lowest BCUT2D eigenvalue weighted by Gasteiger charge is -2.18. The summed E-state index contributed by atoms with van der Waals surface area (Å²) in [7, 11) is 1.64. The van der Waals surface area contributed by atoms with Crippen molar-refractivity contribution in [3.8, 4) is 0 Å². The van der Waals surface area contributed by atoms with Crippen molar-refractivity contribution >= 4 is 17.2 Å². The van der Waals surface area contributed by atoms with E-state index in [1.54, 1.807) is 25.5 Å². The van der Waals surface area contributed by atoms with E-state index >= 15 is 0 Å². The maximum atomic E-state index is 12.4. The van der Waals surface area contributed by atoms with E-state index < -0.39 is 0 Å². The number of pyridine rings is 1. The van der Waals surface area contributed by atoms with Gasteiger partial charge in [0.2, 0.25) is 5.91 Å². The topological polar surface area (TPSA) is 84.5 Å². The lowest BCUT2D eigenvalue weighted by molar-refractivity contribution is -0.120. The van der Waals surface area contributed by atoms with Crippen LogP contribution in [0.2, 0.25) is 0 Å². The second kappa shape index (κ2) is 7.46. The molecule has 8 nitrogen and oxygen atoms in total. The van der Waals surface area contributed by atoms with Gasteiger partial charge in [-0.25, -0.2) is 9.67 Å². The van der Waals surface area contributed by atoms with E-state index in [9.17, 15) is 9.59 Å². The van der Waals surface area contributed by atoms with Crippen LogP contribution in [0.1, 0.15) is 17.7 Å². The Hall–Kier alpha value is -3.16. The Morgan fingerprint density at radius 1 is 1.36 bits per heavy atom. The van der Waals surface area contributed by atoms with Crippen LogP contribution in [-0.2, 0) is 18.3 Å². The van der Waals surface area contributed by atoms with E-state index in [-0.39, 0.29) is 11.5 Å². The summed E-state index contributed by atoms with van der Waals surface area (Å²) >= 11 is 0. The molecule has 1 saturated heterocycles. The first kappa shape index (κ1) is 18.2. The number of nitrogens with zero attached hydrogens (tertiary/aromatic N) is 5. The van der Waals surface area contributed by atoms with Crippen molar-refractivity contribution in [3.63, 3.8) is 0 Å². The Labute approximate surface area is 162 Å². The van der Waals surface area contributed by atoms with E-state index in [4.69, 9.17) is 0 Å². The van der Waals surface area contributed by atoms with Crippen molar-refractivity contribution in [3.05, 3.63) is 58.4 Å². The zero-order chi connectivity index (χ0) is 19.7. The molecule has 1 atom stereocenters. The molecule has 0 aromatic carbocycles. The van der Waals surface area contributed by atoms with Gasteiger partial charge < -0.3 is 14.6 Å². The van der Waals surface area contributed by atoms with Gasteiger partial charge in [0, 0.05) is 45.1 Å². The van der Waals surface area contributed by atoms with Crippen LogP contribution in [0, 0.1) is 12.8 Å². The number of nitrogens with one attached hydrogen (secondary N) is 1. The SMILES string of the molecule is Cc1cccn2c(CC(=O)NC[C@H]3CCN(c4cnn(C)c(=O)c4)C3)cnc12. The van der Waals surface area contributed by atoms with Crippen molar-refractivity contribution in [1.82, 2.24) is 24.5 Å². The summed E-state index contributed by atoms with van der Waals surface area (Å²) < 4.78 is 3.29. The molecule has 3 aromatic rings. The zero-order valence-corrected chi connectivity index (χ0v) is 16.1. The molecule has 3 aromatic heterocycles. The molecular formula is C20H24N6O2. The third kappa shape index (κ3) is 3.62. The number of hydrogen-bond acceptors (Lipinski definition) is 5. The molecule has 1 amide bonds. The molecule has 1 fully saturated rings. The number of carbonyl (C=O) groups excluding carboxylic acids is 1. The van der Waals surface area contributed by atoms with Crippen LogP contribution in [0.4, 0.5) is 5.69 Å². The third-order valence-corrected chi connectivity index (χ3v) is 5.34. The minimum atomic E-state index is -0.113. The molecule has 0 aliphatic carbocycles. The Morgan fingerprint density at radius 2 is 2.21 bits per heavy atom. The van der Waals surface area contributed by atoms with E-state index in [0.717, 1.165) is 42.1 Å². The van der Waals surface area contributed by atoms with Gasteiger partial charge in [-0.15, -0.1) is 0 Å². The van der Waals surface area contributed by atoms with Crippen LogP contribution < -0.4 is 15.8 Å². The summed E-state index contributed by atoms with van der Waals surface area (Å²) in [6, 6.07) is 5.58. The highest BCUT2D eigenvalue weighted by Crippen LogP contribution is 2.21. The number of carbonyl (C=O) groups is 1. The number of amides is 1. The fourth-order valence-corrected chi connectivity index (χ4v) is 3.68. The Morgan fingerprint density at radius 3 is 3.04 bits per heavy atom. The summed E-state index contributed by atoms with van der Waals surface area (Å²) in [5.74, 6) is 0.356. The molecule has 0 radical (unpaired) electrons. The highest BCUT2D eigenvalue weighted by atomic mass is 16.1. The van der Waals surface area contributed by atoms with Crippen LogP contribution in [0.3, 0.4) is 0 Å². The number of hydrogen-bond donors (Lipinski definition) is 1. The molecule has 4 rings (SSSR count). The zero-order valence-electron chi connectivity index (χ0n) is 16.1. The predicted octanol–water partition coefficient (Wildman–Crippen LogP) is 0.922. The standard InChI is InChI=1S/C20H24N6O2/c1-14-4-3-6-26-17(11-22-20(14)26)8-18(27)21-10-15-5-7-25(13-15)16-9-19(28)24(2)23-12-16/h3-4,6,9,11-12,15H,5,7-8,10,13H2,1-2H3,(H,21,27)/t15-/m1/s1. The lowest BCUT2D eigenvalue weighted by Crippen LogP contribution is -2.32. The fourth-order valence-electron chi connectivity index (χ4n) is 3.68. The predicted molar refractivity (Wildman–Crippen MR) is 106 cm³/mol. The molecule has 0 bridgehead atoms. The minimum Gasteiger partial charge on any atom is -0.370 e. The van der Waals surface area contributed by atoms with Crippen molar-refractivity contribution in [2.45, 2.75) is 19.8 Å². The molecule has 0 unspecified atom stereocenters. The Bertz CT molecular complexity index is 1070.